The van der Waals surface area contributed by atoms with Crippen LogP contribution < -0.4 is 21.8 Å². The minimum atomic E-state index is -1.85. The molecule has 388 valence electrons. The van der Waals surface area contributed by atoms with Crippen LogP contribution in [0, 0.1) is 24.8 Å². The molecule has 6 rings (SSSR count). The van der Waals surface area contributed by atoms with E-state index in [2.05, 4.69) is 35.9 Å². The Kier molecular flexibility index (Phi) is 16.2. The van der Waals surface area contributed by atoms with Gasteiger partial charge in [0.1, 0.15) is 28.7 Å². The molecule has 0 spiro atoms. The van der Waals surface area contributed by atoms with Gasteiger partial charge in [0.15, 0.2) is 11.6 Å². The fraction of sp³-hybridized carbons (Fsp3) is 0.102. The van der Waals surface area contributed by atoms with Crippen molar-refractivity contribution in [3.8, 4) is 29.0 Å². The Balaban J connectivity index is 1.28. The van der Waals surface area contributed by atoms with Crippen LogP contribution in [0.3, 0.4) is 0 Å². The van der Waals surface area contributed by atoms with Crippen LogP contribution in [0.25, 0.3) is 16.0 Å². The summed E-state index contributed by atoms with van der Waals surface area (Å²) >= 11 is 0. The Hall–Kier alpha value is -11.7. The summed E-state index contributed by atoms with van der Waals surface area (Å²) < 4.78 is 1.10. The lowest BCUT2D eigenvalue weighted by atomic mass is 9.97. The normalized spacial score (nSPS) is 10.9. The predicted octanol–water partition coefficient (Wildman–Crippen LogP) is 5.70. The second-order valence-electron chi connectivity index (χ2n) is 15.7. The van der Waals surface area contributed by atoms with Crippen molar-refractivity contribution in [3.63, 3.8) is 0 Å². The SMILES string of the molecule is [C-]#[N+]c1c(-c2ccccc2)c(N=Nc2cc(C(=O)O)ccc2C(=O)O)c(=O)n(CCNC(=O)c2cc(C(=O)O)c(C(=O)NCCn3c(O)c(C#N)c(C)c(N=Nc4cc(C(=O)O)ccc4C(=O)O)c3=O)cc2C(=O)O)c1O. The van der Waals surface area contributed by atoms with E-state index in [4.69, 9.17) is 6.57 Å². The van der Waals surface area contributed by atoms with Crippen molar-refractivity contribution in [1.82, 2.24) is 19.8 Å². The van der Waals surface area contributed by atoms with E-state index in [-0.39, 0.29) is 16.7 Å². The smallest absolute Gasteiger partial charge is 0.337 e. The summed E-state index contributed by atoms with van der Waals surface area (Å²) in [6, 6.07) is 15.8. The number of azo groups is 2. The molecule has 0 unspecified atom stereocenters. The molecule has 0 radical (unpaired) electrons. The van der Waals surface area contributed by atoms with Crippen LogP contribution in [-0.4, -0.2) is 111 Å². The fourth-order valence-corrected chi connectivity index (χ4v) is 7.38. The number of aromatic carboxylic acids is 6. The molecule has 2 heterocycles. The van der Waals surface area contributed by atoms with Crippen molar-refractivity contribution in [2.45, 2.75) is 20.0 Å². The Bertz CT molecular complexity index is 3830. The number of aromatic hydroxyl groups is 2. The zero-order chi connectivity index (χ0) is 56.6. The van der Waals surface area contributed by atoms with E-state index >= 15 is 0 Å². The molecule has 10 N–H and O–H groups in total. The molecule has 0 saturated carbocycles. The minimum Gasteiger partial charge on any atom is -0.503 e. The van der Waals surface area contributed by atoms with E-state index < -0.39 is 175 Å². The molecule has 0 aliphatic heterocycles. The maximum Gasteiger partial charge on any atom is 0.337 e. The first-order chi connectivity index (χ1) is 36.5. The lowest BCUT2D eigenvalue weighted by Crippen LogP contribution is -2.34. The van der Waals surface area contributed by atoms with Gasteiger partial charge in [-0.2, -0.15) is 5.26 Å². The number of nitriles is 1. The lowest BCUT2D eigenvalue weighted by molar-refractivity contribution is 0.0675. The Morgan fingerprint density at radius 1 is 0.571 bits per heavy atom. The number of carboxylic acid groups (broad SMARTS) is 6. The zero-order valence-electron chi connectivity index (χ0n) is 39.1. The summed E-state index contributed by atoms with van der Waals surface area (Å²) in [6.07, 6.45) is 0. The first-order valence-corrected chi connectivity index (χ1v) is 21.6. The third-order valence-corrected chi connectivity index (χ3v) is 11.1. The Morgan fingerprint density at radius 3 is 1.42 bits per heavy atom. The van der Waals surface area contributed by atoms with Crippen LogP contribution in [0.4, 0.5) is 28.4 Å². The molecule has 0 aliphatic carbocycles. The van der Waals surface area contributed by atoms with Gasteiger partial charge < -0.3 is 51.5 Å². The van der Waals surface area contributed by atoms with Crippen LogP contribution in [0.5, 0.6) is 11.8 Å². The Labute approximate surface area is 428 Å². The zero-order valence-corrected chi connectivity index (χ0v) is 39.1. The van der Waals surface area contributed by atoms with Crippen molar-refractivity contribution >= 4 is 76.1 Å². The van der Waals surface area contributed by atoms with Crippen LogP contribution in [0.2, 0.25) is 0 Å². The molecule has 0 saturated heterocycles. The summed E-state index contributed by atoms with van der Waals surface area (Å²) in [4.78, 5) is 130. The van der Waals surface area contributed by atoms with Crippen LogP contribution in [0.1, 0.15) is 94.0 Å². The van der Waals surface area contributed by atoms with Gasteiger partial charge >= 0.3 is 35.8 Å². The average molecular weight is 1050 g/mol. The summed E-state index contributed by atoms with van der Waals surface area (Å²) in [5.74, 6) is -14.2. The topological polar surface area (TPSA) is 444 Å². The summed E-state index contributed by atoms with van der Waals surface area (Å²) in [6.45, 7) is 6.37. The van der Waals surface area contributed by atoms with E-state index in [1.165, 1.54) is 31.2 Å². The van der Waals surface area contributed by atoms with Gasteiger partial charge in [-0.1, -0.05) is 30.3 Å². The highest BCUT2D eigenvalue weighted by Crippen LogP contribution is 2.43. The molecule has 0 aliphatic rings. The van der Waals surface area contributed by atoms with Crippen molar-refractivity contribution in [2.24, 2.45) is 20.5 Å². The highest BCUT2D eigenvalue weighted by molar-refractivity contribution is 6.12. The molecule has 0 fully saturated rings. The Morgan fingerprint density at radius 2 is 1.00 bits per heavy atom. The van der Waals surface area contributed by atoms with Crippen LogP contribution >= 0.6 is 0 Å². The van der Waals surface area contributed by atoms with Crippen molar-refractivity contribution in [1.29, 1.82) is 5.26 Å². The molecule has 6 aromatic rings. The fourth-order valence-electron chi connectivity index (χ4n) is 7.38. The molecule has 28 nitrogen and oxygen atoms in total. The van der Waals surface area contributed by atoms with E-state index in [0.717, 1.165) is 36.4 Å². The monoisotopic (exact) mass is 1050 g/mol. The summed E-state index contributed by atoms with van der Waals surface area (Å²) in [5, 5.41) is 110. The van der Waals surface area contributed by atoms with E-state index in [0.29, 0.717) is 21.3 Å². The van der Waals surface area contributed by atoms with Gasteiger partial charge in [-0.15, -0.1) is 20.5 Å². The minimum absolute atomic E-state index is 0.152. The quantitative estimate of drug-likeness (QED) is 0.0343. The number of carbonyl (C=O) groups is 8. The molecule has 0 atom stereocenters. The van der Waals surface area contributed by atoms with Crippen LogP contribution in [-0.2, 0) is 13.1 Å². The second kappa shape index (κ2) is 22.8. The third-order valence-electron chi connectivity index (χ3n) is 11.1. The van der Waals surface area contributed by atoms with E-state index in [1.807, 2.05) is 0 Å². The number of amides is 2. The number of aromatic nitrogens is 2. The highest BCUT2D eigenvalue weighted by atomic mass is 16.4. The molecule has 2 amide bonds. The first kappa shape index (κ1) is 54.6. The highest BCUT2D eigenvalue weighted by Gasteiger charge is 2.28. The lowest BCUT2D eigenvalue weighted by Gasteiger charge is -2.16. The number of carbonyl (C=O) groups excluding carboxylic acids is 2. The predicted molar refractivity (Wildman–Crippen MR) is 260 cm³/mol. The van der Waals surface area contributed by atoms with Gasteiger partial charge in [-0.25, -0.2) is 33.6 Å². The summed E-state index contributed by atoms with van der Waals surface area (Å²) in [7, 11) is 0. The van der Waals surface area contributed by atoms with E-state index in [9.17, 15) is 94.1 Å². The maximum atomic E-state index is 14.1. The standard InChI is InChI=1S/C49H34N10O18/c1-21-31(20-50)40(62)58(41(63)35(21)56-54-32-16-23(44(66)67)8-10-25(32)46(70)71)14-12-52-38(60)27-18-30(49(76)77)28(19-29(27)48(74)75)39(61)53-13-15-59-42(64)36(51-2)34(22-6-4-3-5-7-22)37(43(59)65)57-55-33-17-24(45(68)69)9-11-26(33)47(72)73/h3-11,16-19,62,64H,12-15H2,1H3,(H,52,60)(H,53,61)(H,66,67)(H,68,69)(H,70,71)(H,72,73)(H,74,75)(H,76,77). The second-order valence-corrected chi connectivity index (χ2v) is 15.7. The number of nitrogens with zero attached hydrogens (tertiary/aromatic N) is 8. The number of pyridine rings is 2. The van der Waals surface area contributed by atoms with Gasteiger partial charge in [0.2, 0.25) is 5.88 Å². The maximum absolute atomic E-state index is 14.1. The first-order valence-electron chi connectivity index (χ1n) is 21.6. The molecule has 0 bridgehead atoms. The van der Waals surface area contributed by atoms with Crippen molar-refractivity contribution < 1.29 is 79.2 Å². The average Bonchev–Trinajstić information content (AvgIpc) is 3.40. The number of hydrogen-bond acceptors (Lipinski definition) is 17. The number of nitrogens with one attached hydrogen (secondary N) is 2. The number of benzene rings is 4. The van der Waals surface area contributed by atoms with Gasteiger partial charge in [-0.05, 0) is 61.0 Å². The molecular formula is C49H34N10O18. The molecule has 4 aromatic carbocycles. The van der Waals surface area contributed by atoms with Gasteiger partial charge in [0.05, 0.1) is 51.1 Å². The van der Waals surface area contributed by atoms with Crippen molar-refractivity contribution in [2.75, 3.05) is 13.1 Å². The number of carboxylic acids is 6. The van der Waals surface area contributed by atoms with Gasteiger partial charge in [0.25, 0.3) is 28.6 Å². The van der Waals surface area contributed by atoms with E-state index in [1.54, 1.807) is 12.1 Å². The van der Waals surface area contributed by atoms with Gasteiger partial charge in [-0.3, -0.25) is 28.3 Å². The van der Waals surface area contributed by atoms with Gasteiger partial charge in [0, 0.05) is 37.3 Å². The number of hydrogen-bond donors (Lipinski definition) is 10. The third kappa shape index (κ3) is 11.4. The largest absolute Gasteiger partial charge is 0.503 e. The molecule has 2 aromatic heterocycles. The van der Waals surface area contributed by atoms with Crippen molar-refractivity contribution in [3.05, 3.63) is 167 Å². The molecule has 28 heteroatoms. The molecular weight excluding hydrogens is 1020 g/mol. The summed E-state index contributed by atoms with van der Waals surface area (Å²) in [5.41, 5.74) is -11.5. The van der Waals surface area contributed by atoms with Crippen LogP contribution in [0.15, 0.2) is 109 Å². The number of rotatable bonds is 19. The molecule has 77 heavy (non-hydrogen) atoms.